The molecule has 1 fully saturated rings. The average molecular weight is 274 g/mol. The minimum absolute atomic E-state index is 0.345. The molecular weight excluding hydrogens is 252 g/mol. The van der Waals surface area contributed by atoms with E-state index in [2.05, 4.69) is 33.6 Å². The molecule has 0 spiro atoms. The molecule has 1 aliphatic rings. The van der Waals surface area contributed by atoms with Gasteiger partial charge >= 0.3 is 5.63 Å². The summed E-state index contributed by atoms with van der Waals surface area (Å²) in [5, 5.41) is 2.62. The Kier molecular flexibility index (Phi) is 4.66. The van der Waals surface area contributed by atoms with E-state index in [4.69, 9.17) is 0 Å². The highest BCUT2D eigenvalue weighted by Gasteiger charge is 2.18. The summed E-state index contributed by atoms with van der Waals surface area (Å²) in [5.41, 5.74) is 2.59. The molecule has 20 heavy (non-hydrogen) atoms. The predicted octanol–water partition coefficient (Wildman–Crippen LogP) is 3.51. The fraction of sp³-hybridized carbons (Fsp3) is 0.438. The van der Waals surface area contributed by atoms with Gasteiger partial charge in [0.15, 0.2) is 0 Å². The lowest BCUT2D eigenvalue weighted by atomic mass is 10.1. The summed E-state index contributed by atoms with van der Waals surface area (Å²) in [6.45, 7) is 8.54. The maximum absolute atomic E-state index is 11.0. The monoisotopic (exact) mass is 274 g/mol. The molecule has 4 nitrogen and oxygen atoms in total. The van der Waals surface area contributed by atoms with Gasteiger partial charge in [-0.1, -0.05) is 32.9 Å². The van der Waals surface area contributed by atoms with Gasteiger partial charge in [0, 0.05) is 24.3 Å². The van der Waals surface area contributed by atoms with Crippen molar-refractivity contribution in [2.45, 2.75) is 27.2 Å². The van der Waals surface area contributed by atoms with E-state index in [1.807, 2.05) is 26.0 Å². The van der Waals surface area contributed by atoms with Gasteiger partial charge < -0.3 is 9.42 Å². The van der Waals surface area contributed by atoms with Gasteiger partial charge in [-0.3, -0.25) is 0 Å². The minimum atomic E-state index is -0.345. The Morgan fingerprint density at radius 3 is 2.45 bits per heavy atom. The Hall–Kier alpha value is -1.97. The van der Waals surface area contributed by atoms with Crippen LogP contribution in [0.2, 0.25) is 0 Å². The molecule has 2 heterocycles. The number of anilines is 1. The Labute approximate surface area is 119 Å². The molecule has 3 rings (SSSR count). The van der Waals surface area contributed by atoms with E-state index in [9.17, 15) is 4.79 Å². The Balaban J connectivity index is 0.000000704. The third-order valence-corrected chi connectivity index (χ3v) is 3.49. The lowest BCUT2D eigenvalue weighted by Gasteiger charge is -2.18. The third-order valence-electron chi connectivity index (χ3n) is 3.49. The molecule has 108 valence electrons. The third kappa shape index (κ3) is 3.13. The van der Waals surface area contributed by atoms with Crippen LogP contribution in [-0.4, -0.2) is 18.2 Å². The molecule has 0 saturated carbocycles. The predicted molar refractivity (Wildman–Crippen MR) is 82.1 cm³/mol. The zero-order chi connectivity index (χ0) is 14.5. The van der Waals surface area contributed by atoms with Crippen molar-refractivity contribution < 1.29 is 4.52 Å². The van der Waals surface area contributed by atoms with Crippen LogP contribution in [0.3, 0.4) is 0 Å². The van der Waals surface area contributed by atoms with E-state index in [1.165, 1.54) is 18.2 Å². The lowest BCUT2D eigenvalue weighted by Crippen LogP contribution is -2.18. The van der Waals surface area contributed by atoms with E-state index < -0.39 is 0 Å². The zero-order valence-corrected chi connectivity index (χ0v) is 12.3. The summed E-state index contributed by atoms with van der Waals surface area (Å²) < 4.78 is 4.67. The topological polar surface area (TPSA) is 49.2 Å². The fourth-order valence-corrected chi connectivity index (χ4v) is 2.45. The van der Waals surface area contributed by atoms with Crippen molar-refractivity contribution in [2.24, 2.45) is 5.92 Å². The van der Waals surface area contributed by atoms with Crippen LogP contribution in [0.15, 0.2) is 39.6 Å². The molecular formula is C16H22N2O2. The molecule has 0 bridgehead atoms. The SMILES string of the molecule is CC.CC1CCN(c2ccc(-c3cc(=O)o[nH]3)cc2)C1. The number of aromatic amines is 1. The van der Waals surface area contributed by atoms with Crippen molar-refractivity contribution in [3.63, 3.8) is 0 Å². The number of rotatable bonds is 2. The number of hydrogen-bond acceptors (Lipinski definition) is 3. The zero-order valence-electron chi connectivity index (χ0n) is 12.3. The van der Waals surface area contributed by atoms with Crippen molar-refractivity contribution in [3.8, 4) is 11.3 Å². The van der Waals surface area contributed by atoms with Gasteiger partial charge in [0.25, 0.3) is 0 Å². The quantitative estimate of drug-likeness (QED) is 0.911. The molecule has 1 unspecified atom stereocenters. The average Bonchev–Trinajstić information content (AvgIpc) is 3.10. The molecule has 0 radical (unpaired) electrons. The van der Waals surface area contributed by atoms with Crippen LogP contribution in [0.25, 0.3) is 11.3 Å². The Morgan fingerprint density at radius 1 is 1.25 bits per heavy atom. The molecule has 1 saturated heterocycles. The molecule has 4 heteroatoms. The van der Waals surface area contributed by atoms with Crippen LogP contribution in [0, 0.1) is 5.92 Å². The van der Waals surface area contributed by atoms with Crippen molar-refractivity contribution in [2.75, 3.05) is 18.0 Å². The van der Waals surface area contributed by atoms with Gasteiger partial charge in [0.1, 0.15) is 0 Å². The van der Waals surface area contributed by atoms with Crippen molar-refractivity contribution in [1.82, 2.24) is 5.16 Å². The number of nitrogens with one attached hydrogen (secondary N) is 1. The summed E-state index contributed by atoms with van der Waals surface area (Å²) in [6.07, 6.45) is 1.26. The Bertz CT molecular complexity index is 583. The van der Waals surface area contributed by atoms with E-state index in [1.54, 1.807) is 0 Å². The van der Waals surface area contributed by atoms with Crippen molar-refractivity contribution >= 4 is 5.69 Å². The highest BCUT2D eigenvalue weighted by Crippen LogP contribution is 2.25. The molecule has 1 atom stereocenters. The van der Waals surface area contributed by atoms with E-state index >= 15 is 0 Å². The Morgan fingerprint density at radius 2 is 1.95 bits per heavy atom. The van der Waals surface area contributed by atoms with Crippen LogP contribution in [0.4, 0.5) is 5.69 Å². The minimum Gasteiger partial charge on any atom is -0.371 e. The molecule has 0 aliphatic carbocycles. The van der Waals surface area contributed by atoms with Crippen LogP contribution in [-0.2, 0) is 0 Å². The summed E-state index contributed by atoms with van der Waals surface area (Å²) >= 11 is 0. The maximum Gasteiger partial charge on any atom is 0.357 e. The first-order valence-corrected chi connectivity index (χ1v) is 7.26. The van der Waals surface area contributed by atoms with Gasteiger partial charge in [-0.25, -0.2) is 9.95 Å². The smallest absolute Gasteiger partial charge is 0.357 e. The van der Waals surface area contributed by atoms with E-state index in [-0.39, 0.29) is 5.63 Å². The van der Waals surface area contributed by atoms with Gasteiger partial charge in [-0.15, -0.1) is 0 Å². The van der Waals surface area contributed by atoms with Crippen LogP contribution < -0.4 is 10.5 Å². The number of nitrogens with zero attached hydrogens (tertiary/aromatic N) is 1. The second-order valence-electron chi connectivity index (χ2n) is 4.97. The molecule has 2 aromatic rings. The highest BCUT2D eigenvalue weighted by atomic mass is 16.5. The molecule has 1 aliphatic heterocycles. The van der Waals surface area contributed by atoms with Crippen LogP contribution in [0.1, 0.15) is 27.2 Å². The van der Waals surface area contributed by atoms with E-state index in [0.29, 0.717) is 0 Å². The summed E-state index contributed by atoms with van der Waals surface area (Å²) in [5.74, 6) is 0.773. The first-order valence-electron chi connectivity index (χ1n) is 7.26. The first-order chi connectivity index (χ1) is 9.72. The molecule has 0 amide bonds. The number of benzene rings is 1. The van der Waals surface area contributed by atoms with Crippen molar-refractivity contribution in [3.05, 3.63) is 40.8 Å². The van der Waals surface area contributed by atoms with Crippen LogP contribution in [0.5, 0.6) is 0 Å². The van der Waals surface area contributed by atoms with Gasteiger partial charge in [0.2, 0.25) is 0 Å². The molecule has 1 aromatic carbocycles. The fourth-order valence-electron chi connectivity index (χ4n) is 2.45. The number of hydrogen-bond donors (Lipinski definition) is 1. The molecule has 1 N–H and O–H groups in total. The van der Waals surface area contributed by atoms with Gasteiger partial charge in [-0.2, -0.15) is 0 Å². The normalized spacial score (nSPS) is 17.8. The summed E-state index contributed by atoms with van der Waals surface area (Å²) in [6, 6.07) is 9.68. The van der Waals surface area contributed by atoms with Gasteiger partial charge in [0.05, 0.1) is 11.8 Å². The standard InChI is InChI=1S/C14H16N2O2.C2H6/c1-10-6-7-16(9-10)12-4-2-11(3-5-12)13-8-14(17)18-15-13;1-2/h2-5,8,10,15H,6-7,9H2,1H3;1-2H3. The summed E-state index contributed by atoms with van der Waals surface area (Å²) in [7, 11) is 0. The van der Waals surface area contributed by atoms with Crippen molar-refractivity contribution in [1.29, 1.82) is 0 Å². The van der Waals surface area contributed by atoms with Gasteiger partial charge in [-0.05, 0) is 24.5 Å². The first kappa shape index (κ1) is 14.4. The number of aromatic nitrogens is 1. The lowest BCUT2D eigenvalue weighted by molar-refractivity contribution is 0.394. The second-order valence-corrected chi connectivity index (χ2v) is 4.97. The van der Waals surface area contributed by atoms with Crippen LogP contribution >= 0.6 is 0 Å². The second kappa shape index (κ2) is 6.46. The highest BCUT2D eigenvalue weighted by molar-refractivity contribution is 5.62. The molecule has 1 aromatic heterocycles. The largest absolute Gasteiger partial charge is 0.371 e. The number of H-pyrrole nitrogens is 1. The summed E-state index contributed by atoms with van der Waals surface area (Å²) in [4.78, 5) is 13.4. The van der Waals surface area contributed by atoms with E-state index in [0.717, 1.165) is 30.3 Å². The maximum atomic E-state index is 11.0.